The van der Waals surface area contributed by atoms with Crippen LogP contribution in [0, 0.1) is 5.92 Å². The maximum atomic E-state index is 12.3. The van der Waals surface area contributed by atoms with E-state index in [4.69, 9.17) is 10.5 Å². The average molecular weight is 252 g/mol. The number of carbonyl (C=O) groups is 1. The minimum atomic E-state index is -0.160. The molecule has 1 fully saturated rings. The molecule has 2 N–H and O–H groups in total. The van der Waals surface area contributed by atoms with Crippen LogP contribution in [-0.2, 0) is 23.0 Å². The fraction of sp³-hybridized carbons (Fsp3) is 0.667. The Morgan fingerprint density at radius 1 is 1.56 bits per heavy atom. The van der Waals surface area contributed by atoms with Crippen LogP contribution in [0.5, 0.6) is 0 Å². The number of hydrogen-bond donors (Lipinski definition) is 1. The van der Waals surface area contributed by atoms with Crippen LogP contribution < -0.4 is 5.73 Å². The van der Waals surface area contributed by atoms with E-state index in [1.807, 2.05) is 18.1 Å². The van der Waals surface area contributed by atoms with Crippen molar-refractivity contribution in [3.05, 3.63) is 18.0 Å². The van der Waals surface area contributed by atoms with E-state index >= 15 is 0 Å². The molecular formula is C12H20N4O2. The molecule has 2 heterocycles. The maximum Gasteiger partial charge on any atom is 0.227 e. The van der Waals surface area contributed by atoms with Crippen molar-refractivity contribution in [1.82, 2.24) is 14.7 Å². The first kappa shape index (κ1) is 13.0. The minimum absolute atomic E-state index is 0.129. The van der Waals surface area contributed by atoms with Crippen LogP contribution >= 0.6 is 0 Å². The highest BCUT2D eigenvalue weighted by Crippen LogP contribution is 2.11. The molecule has 0 aromatic carbocycles. The maximum absolute atomic E-state index is 12.3. The topological polar surface area (TPSA) is 73.4 Å². The summed E-state index contributed by atoms with van der Waals surface area (Å²) in [6, 6.07) is 0. The molecule has 1 aromatic rings. The molecule has 1 aromatic heterocycles. The Bertz CT molecular complexity index is 399. The van der Waals surface area contributed by atoms with E-state index in [1.54, 1.807) is 10.9 Å². The zero-order chi connectivity index (χ0) is 13.0. The number of morpholine rings is 1. The van der Waals surface area contributed by atoms with Gasteiger partial charge < -0.3 is 15.4 Å². The van der Waals surface area contributed by atoms with Crippen LogP contribution in [0.15, 0.2) is 12.4 Å². The van der Waals surface area contributed by atoms with Gasteiger partial charge in [0.1, 0.15) is 0 Å². The third-order valence-corrected chi connectivity index (χ3v) is 3.20. The van der Waals surface area contributed by atoms with Gasteiger partial charge >= 0.3 is 0 Å². The zero-order valence-corrected chi connectivity index (χ0v) is 10.7. The van der Waals surface area contributed by atoms with Gasteiger partial charge in [-0.05, 0) is 12.0 Å². The van der Waals surface area contributed by atoms with Crippen LogP contribution in [-0.4, -0.2) is 53.4 Å². The quantitative estimate of drug-likeness (QED) is 0.776. The SMILES string of the molecule is Cn1cc(CC(CN)C(=O)N2CCOCC2)cn1. The molecule has 0 bridgehead atoms. The fourth-order valence-electron chi connectivity index (χ4n) is 2.18. The first-order valence-corrected chi connectivity index (χ1v) is 6.25. The largest absolute Gasteiger partial charge is 0.378 e. The van der Waals surface area contributed by atoms with Gasteiger partial charge in [-0.2, -0.15) is 5.10 Å². The Morgan fingerprint density at radius 3 is 2.83 bits per heavy atom. The molecule has 1 unspecified atom stereocenters. The second-order valence-corrected chi connectivity index (χ2v) is 4.60. The molecule has 0 aliphatic carbocycles. The highest BCUT2D eigenvalue weighted by Gasteiger charge is 2.25. The summed E-state index contributed by atoms with van der Waals surface area (Å²) < 4.78 is 6.98. The van der Waals surface area contributed by atoms with E-state index in [2.05, 4.69) is 5.10 Å². The van der Waals surface area contributed by atoms with Crippen LogP contribution in [0.2, 0.25) is 0 Å². The van der Waals surface area contributed by atoms with E-state index in [0.717, 1.165) is 5.56 Å². The monoisotopic (exact) mass is 252 g/mol. The lowest BCUT2D eigenvalue weighted by molar-refractivity contribution is -0.139. The Hall–Kier alpha value is -1.40. The van der Waals surface area contributed by atoms with Gasteiger partial charge in [0.15, 0.2) is 0 Å². The Kier molecular flexibility index (Phi) is 4.33. The van der Waals surface area contributed by atoms with Crippen molar-refractivity contribution in [2.75, 3.05) is 32.8 Å². The van der Waals surface area contributed by atoms with Crippen LogP contribution in [0.25, 0.3) is 0 Å². The van der Waals surface area contributed by atoms with Crippen molar-refractivity contribution in [2.45, 2.75) is 6.42 Å². The van der Waals surface area contributed by atoms with Crippen LogP contribution in [0.1, 0.15) is 5.56 Å². The number of rotatable bonds is 4. The van der Waals surface area contributed by atoms with Crippen molar-refractivity contribution in [2.24, 2.45) is 18.7 Å². The Labute approximate surface area is 107 Å². The van der Waals surface area contributed by atoms with Gasteiger partial charge in [-0.1, -0.05) is 0 Å². The zero-order valence-electron chi connectivity index (χ0n) is 10.7. The second kappa shape index (κ2) is 5.97. The molecule has 18 heavy (non-hydrogen) atoms. The van der Waals surface area contributed by atoms with E-state index in [-0.39, 0.29) is 11.8 Å². The molecule has 1 aliphatic rings. The number of nitrogens with zero attached hydrogens (tertiary/aromatic N) is 3. The van der Waals surface area contributed by atoms with Gasteiger partial charge in [0.05, 0.1) is 25.3 Å². The fourth-order valence-corrected chi connectivity index (χ4v) is 2.18. The van der Waals surface area contributed by atoms with Crippen molar-refractivity contribution >= 4 is 5.91 Å². The molecule has 6 heteroatoms. The lowest BCUT2D eigenvalue weighted by Crippen LogP contribution is -2.45. The average Bonchev–Trinajstić information content (AvgIpc) is 2.82. The molecule has 6 nitrogen and oxygen atoms in total. The normalized spacial score (nSPS) is 17.8. The molecule has 1 aliphatic heterocycles. The van der Waals surface area contributed by atoms with E-state index < -0.39 is 0 Å². The van der Waals surface area contributed by atoms with E-state index in [9.17, 15) is 4.79 Å². The third-order valence-electron chi connectivity index (χ3n) is 3.20. The van der Waals surface area contributed by atoms with Crippen molar-refractivity contribution < 1.29 is 9.53 Å². The Balaban J connectivity index is 1.96. The molecule has 1 amide bonds. The highest BCUT2D eigenvalue weighted by atomic mass is 16.5. The molecule has 1 saturated heterocycles. The molecule has 2 rings (SSSR count). The number of ether oxygens (including phenoxy) is 1. The summed E-state index contributed by atoms with van der Waals surface area (Å²) in [5, 5.41) is 4.11. The molecule has 100 valence electrons. The van der Waals surface area contributed by atoms with Gasteiger partial charge in [0.25, 0.3) is 0 Å². The van der Waals surface area contributed by atoms with E-state index in [0.29, 0.717) is 39.3 Å². The predicted molar refractivity (Wildman–Crippen MR) is 66.9 cm³/mol. The number of amides is 1. The first-order chi connectivity index (χ1) is 8.70. The summed E-state index contributed by atoms with van der Waals surface area (Å²) in [6.07, 6.45) is 4.37. The summed E-state index contributed by atoms with van der Waals surface area (Å²) in [5.74, 6) is -0.0306. The standard InChI is InChI=1S/C12H20N4O2/c1-15-9-10(8-14-15)6-11(7-13)12(17)16-2-4-18-5-3-16/h8-9,11H,2-7,13H2,1H3. The van der Waals surface area contributed by atoms with Crippen molar-refractivity contribution in [3.8, 4) is 0 Å². The minimum Gasteiger partial charge on any atom is -0.378 e. The molecular weight excluding hydrogens is 232 g/mol. The van der Waals surface area contributed by atoms with Gasteiger partial charge in [0, 0.05) is 32.9 Å². The number of nitrogens with two attached hydrogens (primary N) is 1. The number of aryl methyl sites for hydroxylation is 1. The molecule has 1 atom stereocenters. The second-order valence-electron chi connectivity index (χ2n) is 4.60. The van der Waals surface area contributed by atoms with Crippen molar-refractivity contribution in [3.63, 3.8) is 0 Å². The lowest BCUT2D eigenvalue weighted by Gasteiger charge is -2.30. The predicted octanol–water partition coefficient (Wildman–Crippen LogP) is -0.604. The summed E-state index contributed by atoms with van der Waals surface area (Å²) in [7, 11) is 1.87. The molecule has 0 spiro atoms. The Morgan fingerprint density at radius 2 is 2.28 bits per heavy atom. The summed E-state index contributed by atoms with van der Waals surface area (Å²) >= 11 is 0. The van der Waals surface area contributed by atoms with Gasteiger partial charge in [0.2, 0.25) is 5.91 Å². The van der Waals surface area contributed by atoms with E-state index in [1.165, 1.54) is 0 Å². The van der Waals surface area contributed by atoms with Gasteiger partial charge in [-0.3, -0.25) is 9.48 Å². The number of carbonyl (C=O) groups excluding carboxylic acids is 1. The number of aromatic nitrogens is 2. The van der Waals surface area contributed by atoms with Crippen LogP contribution in [0.3, 0.4) is 0 Å². The molecule has 0 saturated carbocycles. The number of hydrogen-bond acceptors (Lipinski definition) is 4. The summed E-state index contributed by atoms with van der Waals surface area (Å²) in [4.78, 5) is 14.1. The first-order valence-electron chi connectivity index (χ1n) is 6.25. The highest BCUT2D eigenvalue weighted by molar-refractivity contribution is 5.79. The summed E-state index contributed by atoms with van der Waals surface area (Å²) in [6.45, 7) is 2.95. The lowest BCUT2D eigenvalue weighted by atomic mass is 10.00. The molecule has 0 radical (unpaired) electrons. The third kappa shape index (κ3) is 3.08. The smallest absolute Gasteiger partial charge is 0.227 e. The van der Waals surface area contributed by atoms with Gasteiger partial charge in [-0.25, -0.2) is 0 Å². The summed E-state index contributed by atoms with van der Waals surface area (Å²) in [5.41, 5.74) is 6.78. The van der Waals surface area contributed by atoms with Gasteiger partial charge in [-0.15, -0.1) is 0 Å². The van der Waals surface area contributed by atoms with Crippen molar-refractivity contribution in [1.29, 1.82) is 0 Å². The van der Waals surface area contributed by atoms with Crippen LogP contribution in [0.4, 0.5) is 0 Å².